The molecular weight excluding hydrogens is 242 g/mol. The van der Waals surface area contributed by atoms with E-state index in [0.29, 0.717) is 6.54 Å². The lowest BCUT2D eigenvalue weighted by atomic mass is 10.1. The first-order chi connectivity index (χ1) is 8.60. The smallest absolute Gasteiger partial charge is 0.145 e. The quantitative estimate of drug-likeness (QED) is 0.909. The number of hydrogen-bond acceptors (Lipinski definition) is 3. The summed E-state index contributed by atoms with van der Waals surface area (Å²) in [5, 5.41) is 0. The molecule has 0 radical (unpaired) electrons. The van der Waals surface area contributed by atoms with Gasteiger partial charge in [-0.15, -0.1) is 11.3 Å². The zero-order chi connectivity index (χ0) is 13.1. The summed E-state index contributed by atoms with van der Waals surface area (Å²) < 4.78 is 6.03. The maximum atomic E-state index is 6.03. The average Bonchev–Trinajstić information content (AvgIpc) is 2.75. The summed E-state index contributed by atoms with van der Waals surface area (Å²) in [7, 11) is 0. The Morgan fingerprint density at radius 1 is 1.17 bits per heavy atom. The fourth-order valence-corrected chi connectivity index (χ4v) is 2.85. The van der Waals surface area contributed by atoms with Crippen LogP contribution in [0.3, 0.4) is 0 Å². The van der Waals surface area contributed by atoms with Crippen LogP contribution in [0.25, 0.3) is 0 Å². The van der Waals surface area contributed by atoms with Gasteiger partial charge in [0.1, 0.15) is 11.9 Å². The number of ether oxygens (including phenoxy) is 1. The van der Waals surface area contributed by atoms with Gasteiger partial charge >= 0.3 is 0 Å². The highest BCUT2D eigenvalue weighted by Crippen LogP contribution is 2.29. The topological polar surface area (TPSA) is 35.2 Å². The van der Waals surface area contributed by atoms with Crippen molar-refractivity contribution in [3.63, 3.8) is 0 Å². The number of benzene rings is 1. The van der Waals surface area contributed by atoms with Crippen molar-refractivity contribution >= 4 is 11.3 Å². The van der Waals surface area contributed by atoms with Crippen molar-refractivity contribution in [3.05, 3.63) is 51.2 Å². The second-order valence-corrected chi connectivity index (χ2v) is 5.88. The Morgan fingerprint density at radius 2 is 1.94 bits per heavy atom. The molecule has 2 N–H and O–H groups in total. The van der Waals surface area contributed by atoms with Crippen LogP contribution >= 0.6 is 11.3 Å². The summed E-state index contributed by atoms with van der Waals surface area (Å²) in [6, 6.07) is 10.4. The van der Waals surface area contributed by atoms with Crippen LogP contribution in [0.2, 0.25) is 0 Å². The number of rotatable bonds is 4. The van der Waals surface area contributed by atoms with Crippen molar-refractivity contribution in [2.45, 2.75) is 26.9 Å². The van der Waals surface area contributed by atoms with Crippen LogP contribution in [-0.2, 0) is 0 Å². The van der Waals surface area contributed by atoms with Crippen LogP contribution in [0, 0.1) is 20.8 Å². The van der Waals surface area contributed by atoms with E-state index in [9.17, 15) is 0 Å². The summed E-state index contributed by atoms with van der Waals surface area (Å²) in [5.74, 6) is 0.919. The van der Waals surface area contributed by atoms with Gasteiger partial charge in [0.05, 0.1) is 0 Å². The standard InChI is InChI=1S/C15H19NOS/c1-10-4-6-13(11(2)8-10)17-14(9-16)15-7-5-12(3)18-15/h4-8,14H,9,16H2,1-3H3. The number of thiophene rings is 1. The third kappa shape index (κ3) is 2.92. The van der Waals surface area contributed by atoms with Crippen molar-refractivity contribution in [2.75, 3.05) is 6.54 Å². The van der Waals surface area contributed by atoms with Gasteiger partial charge in [0.15, 0.2) is 0 Å². The van der Waals surface area contributed by atoms with Crippen LogP contribution in [0.5, 0.6) is 5.75 Å². The van der Waals surface area contributed by atoms with Gasteiger partial charge in [0.2, 0.25) is 0 Å². The molecular formula is C15H19NOS. The van der Waals surface area contributed by atoms with E-state index in [0.717, 1.165) is 11.3 Å². The fourth-order valence-electron chi connectivity index (χ4n) is 1.93. The fraction of sp³-hybridized carbons (Fsp3) is 0.333. The third-order valence-corrected chi connectivity index (χ3v) is 3.98. The molecule has 1 atom stereocenters. The Kier molecular flexibility index (Phi) is 4.04. The second kappa shape index (κ2) is 5.55. The summed E-state index contributed by atoms with van der Waals surface area (Å²) in [6.07, 6.45) is -0.0508. The normalized spacial score (nSPS) is 12.4. The molecule has 2 aromatic rings. The highest BCUT2D eigenvalue weighted by molar-refractivity contribution is 7.12. The molecule has 1 aromatic heterocycles. The lowest BCUT2D eigenvalue weighted by molar-refractivity contribution is 0.216. The van der Waals surface area contributed by atoms with E-state index in [1.807, 2.05) is 6.07 Å². The Balaban J connectivity index is 2.20. The van der Waals surface area contributed by atoms with Gasteiger partial charge in [-0.05, 0) is 44.5 Å². The first-order valence-corrected chi connectivity index (χ1v) is 6.92. The molecule has 18 heavy (non-hydrogen) atoms. The maximum absolute atomic E-state index is 6.03. The molecule has 3 heteroatoms. The summed E-state index contributed by atoms with van der Waals surface area (Å²) in [5.41, 5.74) is 8.22. The minimum absolute atomic E-state index is 0.0508. The Hall–Kier alpha value is -1.32. The van der Waals surface area contributed by atoms with E-state index >= 15 is 0 Å². The molecule has 0 spiro atoms. The molecule has 0 saturated carbocycles. The maximum Gasteiger partial charge on any atom is 0.145 e. The first-order valence-electron chi connectivity index (χ1n) is 6.10. The molecule has 0 amide bonds. The van der Waals surface area contributed by atoms with Gasteiger partial charge in [-0.3, -0.25) is 0 Å². The highest BCUT2D eigenvalue weighted by atomic mass is 32.1. The van der Waals surface area contributed by atoms with Crippen LogP contribution in [0.4, 0.5) is 0 Å². The van der Waals surface area contributed by atoms with Gasteiger partial charge in [0.25, 0.3) is 0 Å². The molecule has 0 saturated heterocycles. The summed E-state index contributed by atoms with van der Waals surface area (Å²) >= 11 is 1.74. The van der Waals surface area contributed by atoms with E-state index < -0.39 is 0 Å². The van der Waals surface area contributed by atoms with Crippen LogP contribution in [0.15, 0.2) is 30.3 Å². The van der Waals surface area contributed by atoms with Gasteiger partial charge < -0.3 is 10.5 Å². The molecule has 2 rings (SSSR count). The molecule has 1 heterocycles. The van der Waals surface area contributed by atoms with Crippen molar-refractivity contribution in [2.24, 2.45) is 5.73 Å². The number of hydrogen-bond donors (Lipinski definition) is 1. The monoisotopic (exact) mass is 261 g/mol. The van der Waals surface area contributed by atoms with Gasteiger partial charge in [-0.1, -0.05) is 17.7 Å². The highest BCUT2D eigenvalue weighted by Gasteiger charge is 2.14. The Morgan fingerprint density at radius 3 is 2.50 bits per heavy atom. The van der Waals surface area contributed by atoms with E-state index in [-0.39, 0.29) is 6.10 Å². The second-order valence-electron chi connectivity index (χ2n) is 4.56. The van der Waals surface area contributed by atoms with Gasteiger partial charge in [0, 0.05) is 16.3 Å². The molecule has 0 fully saturated rings. The molecule has 96 valence electrons. The van der Waals surface area contributed by atoms with E-state index in [4.69, 9.17) is 10.5 Å². The Labute approximate surface area is 112 Å². The van der Waals surface area contributed by atoms with Gasteiger partial charge in [-0.25, -0.2) is 0 Å². The largest absolute Gasteiger partial charge is 0.483 e. The third-order valence-electron chi connectivity index (χ3n) is 2.89. The lowest BCUT2D eigenvalue weighted by Crippen LogP contribution is -2.17. The van der Waals surface area contributed by atoms with Crippen LogP contribution in [-0.4, -0.2) is 6.54 Å². The molecule has 0 aliphatic carbocycles. The lowest BCUT2D eigenvalue weighted by Gasteiger charge is -2.18. The molecule has 0 aliphatic heterocycles. The molecule has 2 nitrogen and oxygen atoms in total. The molecule has 1 unspecified atom stereocenters. The zero-order valence-electron chi connectivity index (χ0n) is 11.1. The van der Waals surface area contributed by atoms with Crippen molar-refractivity contribution < 1.29 is 4.74 Å². The van der Waals surface area contributed by atoms with E-state index in [2.05, 4.69) is 45.0 Å². The molecule has 1 aromatic carbocycles. The number of nitrogens with two attached hydrogens (primary N) is 1. The van der Waals surface area contributed by atoms with E-state index in [1.165, 1.54) is 15.3 Å². The predicted octanol–water partition coefficient (Wildman–Crippen LogP) is 3.75. The zero-order valence-corrected chi connectivity index (χ0v) is 11.9. The van der Waals surface area contributed by atoms with Gasteiger partial charge in [-0.2, -0.15) is 0 Å². The summed E-state index contributed by atoms with van der Waals surface area (Å²) in [4.78, 5) is 2.47. The van der Waals surface area contributed by atoms with Crippen LogP contribution in [0.1, 0.15) is 27.0 Å². The molecule has 0 bridgehead atoms. The first kappa shape index (κ1) is 13.1. The SMILES string of the molecule is Cc1ccc(OC(CN)c2ccc(C)s2)c(C)c1. The Bertz CT molecular complexity index is 533. The van der Waals surface area contributed by atoms with Crippen molar-refractivity contribution in [1.82, 2.24) is 0 Å². The van der Waals surface area contributed by atoms with Crippen molar-refractivity contribution in [3.8, 4) is 5.75 Å². The predicted molar refractivity (Wildman–Crippen MR) is 77.4 cm³/mol. The number of aryl methyl sites for hydroxylation is 3. The average molecular weight is 261 g/mol. The minimum Gasteiger partial charge on any atom is -0.483 e. The molecule has 0 aliphatic rings. The van der Waals surface area contributed by atoms with Crippen molar-refractivity contribution in [1.29, 1.82) is 0 Å². The van der Waals surface area contributed by atoms with E-state index in [1.54, 1.807) is 11.3 Å². The minimum atomic E-state index is -0.0508. The van der Waals surface area contributed by atoms with Crippen LogP contribution < -0.4 is 10.5 Å². The summed E-state index contributed by atoms with van der Waals surface area (Å²) in [6.45, 7) is 6.74.